The van der Waals surface area contributed by atoms with Gasteiger partial charge in [0, 0.05) is 21.2 Å². The van der Waals surface area contributed by atoms with E-state index in [1.807, 2.05) is 36.4 Å². The lowest BCUT2D eigenvalue weighted by molar-refractivity contribution is -0.118. The van der Waals surface area contributed by atoms with Gasteiger partial charge in [-0.3, -0.25) is 4.79 Å². The largest absolute Gasteiger partial charge is 0.493 e. The highest BCUT2D eigenvalue weighted by Crippen LogP contribution is 2.32. The number of amides is 1. The molecule has 0 radical (unpaired) electrons. The molecule has 0 aliphatic rings. The average molecular weight is 532 g/mol. The number of rotatable bonds is 9. The molecule has 0 aliphatic heterocycles. The van der Waals surface area contributed by atoms with Gasteiger partial charge in [0.2, 0.25) is 0 Å². The third-order valence-electron chi connectivity index (χ3n) is 4.61. The first-order chi connectivity index (χ1) is 16.5. The van der Waals surface area contributed by atoms with Gasteiger partial charge in [-0.15, -0.1) is 11.3 Å². The second kappa shape index (κ2) is 11.6. The van der Waals surface area contributed by atoms with Crippen LogP contribution in [0, 0.1) is 0 Å². The van der Waals surface area contributed by atoms with Gasteiger partial charge in [-0.2, -0.15) is 5.10 Å². The fourth-order valence-corrected chi connectivity index (χ4v) is 5.31. The second-order valence-electron chi connectivity index (χ2n) is 6.93. The Labute approximate surface area is 214 Å². The third-order valence-corrected chi connectivity index (χ3v) is 7.38. The minimum atomic E-state index is -0.237. The van der Waals surface area contributed by atoms with E-state index < -0.39 is 0 Å². The molecule has 10 heteroatoms. The zero-order valence-corrected chi connectivity index (χ0v) is 21.1. The summed E-state index contributed by atoms with van der Waals surface area (Å²) in [7, 11) is 1.55. The molecule has 0 fully saturated rings. The highest BCUT2D eigenvalue weighted by atomic mass is 35.5. The lowest BCUT2D eigenvalue weighted by atomic mass is 10.2. The smallest absolute Gasteiger partial charge is 0.250 e. The number of carbonyl (C=O) groups excluding carboxylic acids is 1. The molecule has 3 aromatic carbocycles. The zero-order chi connectivity index (χ0) is 23.9. The lowest BCUT2D eigenvalue weighted by Crippen LogP contribution is -2.19. The number of hydrogen-bond donors (Lipinski definition) is 1. The van der Waals surface area contributed by atoms with Gasteiger partial charge in [0.15, 0.2) is 15.8 Å². The monoisotopic (exact) mass is 531 g/mol. The summed E-state index contributed by atoms with van der Waals surface area (Å²) < 4.78 is 13.3. The molecule has 0 unspecified atom stereocenters. The van der Waals surface area contributed by atoms with E-state index in [0.29, 0.717) is 27.1 Å². The van der Waals surface area contributed by atoms with E-state index in [1.165, 1.54) is 18.0 Å². The molecule has 1 aromatic heterocycles. The SMILES string of the molecule is COc1cccc(/C=N\NC(=O)CSc2nc3ccccc3s2)c1OCc1ccc(Cl)cc1Cl. The van der Waals surface area contributed by atoms with Crippen LogP contribution in [0.25, 0.3) is 10.2 Å². The molecule has 0 aliphatic carbocycles. The Morgan fingerprint density at radius 1 is 1.18 bits per heavy atom. The fraction of sp³-hybridized carbons (Fsp3) is 0.125. The molecule has 0 saturated heterocycles. The van der Waals surface area contributed by atoms with Crippen LogP contribution in [-0.2, 0) is 11.4 Å². The van der Waals surface area contributed by atoms with E-state index in [0.717, 1.165) is 20.1 Å². The summed E-state index contributed by atoms with van der Waals surface area (Å²) in [6.45, 7) is 0.211. The number of thioether (sulfide) groups is 1. The quantitative estimate of drug-likeness (QED) is 0.153. The number of methoxy groups -OCH3 is 1. The number of aromatic nitrogens is 1. The van der Waals surface area contributed by atoms with Gasteiger partial charge in [-0.05, 0) is 36.4 Å². The average Bonchev–Trinajstić information content (AvgIpc) is 3.26. The van der Waals surface area contributed by atoms with Gasteiger partial charge in [0.1, 0.15) is 6.61 Å². The van der Waals surface area contributed by atoms with Crippen molar-refractivity contribution >= 4 is 68.6 Å². The molecule has 1 N–H and O–H groups in total. The first-order valence-corrected chi connectivity index (χ1v) is 12.6. The van der Waals surface area contributed by atoms with Crippen molar-refractivity contribution in [2.75, 3.05) is 12.9 Å². The minimum Gasteiger partial charge on any atom is -0.493 e. The van der Waals surface area contributed by atoms with Gasteiger partial charge in [-0.25, -0.2) is 10.4 Å². The molecule has 0 saturated carbocycles. The van der Waals surface area contributed by atoms with Crippen molar-refractivity contribution < 1.29 is 14.3 Å². The minimum absolute atomic E-state index is 0.202. The van der Waals surface area contributed by atoms with Gasteiger partial charge in [0.25, 0.3) is 5.91 Å². The Morgan fingerprint density at radius 3 is 2.82 bits per heavy atom. The number of thiazole rings is 1. The maximum absolute atomic E-state index is 12.3. The van der Waals surface area contributed by atoms with Crippen LogP contribution in [0.2, 0.25) is 10.0 Å². The van der Waals surface area contributed by atoms with E-state index in [-0.39, 0.29) is 18.3 Å². The van der Waals surface area contributed by atoms with E-state index >= 15 is 0 Å². The Hall–Kier alpha value is -2.78. The molecule has 0 bridgehead atoms. The Kier molecular flexibility index (Phi) is 8.29. The summed E-state index contributed by atoms with van der Waals surface area (Å²) in [5.74, 6) is 0.983. The third kappa shape index (κ3) is 6.21. The second-order valence-corrected chi connectivity index (χ2v) is 10.0. The van der Waals surface area contributed by atoms with Crippen LogP contribution in [0.5, 0.6) is 11.5 Å². The summed E-state index contributed by atoms with van der Waals surface area (Å²) in [5.41, 5.74) is 4.89. The molecule has 1 heterocycles. The molecule has 1 amide bonds. The number of para-hydroxylation sites is 2. The fourth-order valence-electron chi connectivity index (χ4n) is 2.98. The zero-order valence-electron chi connectivity index (χ0n) is 18.0. The van der Waals surface area contributed by atoms with Crippen molar-refractivity contribution in [2.45, 2.75) is 10.9 Å². The van der Waals surface area contributed by atoms with Crippen molar-refractivity contribution in [3.63, 3.8) is 0 Å². The van der Waals surface area contributed by atoms with Gasteiger partial charge in [-0.1, -0.05) is 59.2 Å². The number of benzene rings is 3. The molecule has 6 nitrogen and oxygen atoms in total. The van der Waals surface area contributed by atoms with Crippen LogP contribution in [0.15, 0.2) is 70.1 Å². The number of hydrogen-bond acceptors (Lipinski definition) is 7. The number of hydrazone groups is 1. The van der Waals surface area contributed by atoms with Crippen LogP contribution in [0.1, 0.15) is 11.1 Å². The summed E-state index contributed by atoms with van der Waals surface area (Å²) in [5, 5.41) is 5.14. The van der Waals surface area contributed by atoms with Crippen molar-refractivity contribution in [2.24, 2.45) is 5.10 Å². The predicted molar refractivity (Wildman–Crippen MR) is 140 cm³/mol. The Balaban J connectivity index is 1.38. The van der Waals surface area contributed by atoms with E-state index in [9.17, 15) is 4.79 Å². The van der Waals surface area contributed by atoms with Crippen LogP contribution < -0.4 is 14.9 Å². The number of ether oxygens (including phenoxy) is 2. The summed E-state index contributed by atoms with van der Waals surface area (Å²) >= 11 is 15.1. The molecule has 34 heavy (non-hydrogen) atoms. The van der Waals surface area contributed by atoms with Crippen molar-refractivity contribution in [1.29, 1.82) is 0 Å². The number of fused-ring (bicyclic) bond motifs is 1. The maximum atomic E-state index is 12.3. The highest BCUT2D eigenvalue weighted by Gasteiger charge is 2.12. The molecular formula is C24H19Cl2N3O3S2. The number of nitrogens with zero attached hydrogens (tertiary/aromatic N) is 2. The molecule has 0 spiro atoms. The van der Waals surface area contributed by atoms with Crippen molar-refractivity contribution in [3.8, 4) is 11.5 Å². The molecule has 174 valence electrons. The first-order valence-electron chi connectivity index (χ1n) is 10.1. The van der Waals surface area contributed by atoms with Crippen molar-refractivity contribution in [3.05, 3.63) is 81.8 Å². The lowest BCUT2D eigenvalue weighted by Gasteiger charge is -2.14. The van der Waals surface area contributed by atoms with E-state index in [4.69, 9.17) is 32.7 Å². The van der Waals surface area contributed by atoms with Crippen molar-refractivity contribution in [1.82, 2.24) is 10.4 Å². The standard InChI is InChI=1S/C24H19Cl2N3O3S2/c1-31-20-7-4-5-15(23(20)32-13-16-9-10-17(25)11-18(16)26)12-27-29-22(30)14-33-24-28-19-6-2-3-8-21(19)34-24/h2-12H,13-14H2,1H3,(H,29,30)/b27-12-. The molecular weight excluding hydrogens is 513 g/mol. The number of halogens is 2. The molecule has 0 atom stereocenters. The first kappa shape index (κ1) is 24.3. The summed E-state index contributed by atoms with van der Waals surface area (Å²) in [4.78, 5) is 16.8. The predicted octanol–water partition coefficient (Wildman–Crippen LogP) is 6.43. The Bertz CT molecular complexity index is 1310. The normalized spacial score (nSPS) is 11.1. The van der Waals surface area contributed by atoms with E-state index in [1.54, 1.807) is 42.7 Å². The number of nitrogens with one attached hydrogen (secondary N) is 1. The topological polar surface area (TPSA) is 72.8 Å². The van der Waals surface area contributed by atoms with Crippen LogP contribution in [0.3, 0.4) is 0 Å². The summed E-state index contributed by atoms with van der Waals surface area (Å²) in [6.07, 6.45) is 1.52. The summed E-state index contributed by atoms with van der Waals surface area (Å²) in [6, 6.07) is 18.5. The van der Waals surface area contributed by atoms with Crippen LogP contribution in [0.4, 0.5) is 0 Å². The van der Waals surface area contributed by atoms with E-state index in [2.05, 4.69) is 15.5 Å². The molecule has 4 aromatic rings. The maximum Gasteiger partial charge on any atom is 0.250 e. The van der Waals surface area contributed by atoms with Gasteiger partial charge in [0.05, 0.1) is 29.3 Å². The van der Waals surface area contributed by atoms with Gasteiger partial charge < -0.3 is 9.47 Å². The Morgan fingerprint density at radius 2 is 2.03 bits per heavy atom. The van der Waals surface area contributed by atoms with Crippen LogP contribution >= 0.6 is 46.3 Å². The molecule has 4 rings (SSSR count). The van der Waals surface area contributed by atoms with Gasteiger partial charge >= 0.3 is 0 Å². The highest BCUT2D eigenvalue weighted by molar-refractivity contribution is 8.01. The number of carbonyl (C=O) groups is 1. The van der Waals surface area contributed by atoms with Crippen LogP contribution in [-0.4, -0.2) is 30.0 Å².